The summed E-state index contributed by atoms with van der Waals surface area (Å²) in [6.45, 7) is 2.03. The molecule has 2 aromatic rings. The summed E-state index contributed by atoms with van der Waals surface area (Å²) in [5, 5.41) is 15.5. The number of aliphatic carboxylic acids is 1. The van der Waals surface area contributed by atoms with Crippen molar-refractivity contribution < 1.29 is 9.90 Å². The monoisotopic (exact) mass is 324 g/mol. The lowest BCUT2D eigenvalue weighted by Gasteiger charge is -2.24. The summed E-state index contributed by atoms with van der Waals surface area (Å²) in [4.78, 5) is 19.6. The largest absolute Gasteiger partial charge is 0.478 e. The predicted octanol–water partition coefficient (Wildman–Crippen LogP) is 2.41. The number of rotatable bonds is 5. The molecule has 1 saturated heterocycles. The van der Waals surface area contributed by atoms with Crippen LogP contribution in [0.1, 0.15) is 18.4 Å². The first-order valence-electron chi connectivity index (χ1n) is 8.01. The van der Waals surface area contributed by atoms with E-state index in [1.165, 1.54) is 0 Å². The quantitative estimate of drug-likeness (QED) is 0.732. The average Bonchev–Trinajstić information content (AvgIpc) is 2.61. The Labute approximate surface area is 140 Å². The number of benzene rings is 1. The minimum Gasteiger partial charge on any atom is -0.478 e. The second-order valence-electron chi connectivity index (χ2n) is 5.76. The number of aromatic nitrogens is 2. The van der Waals surface area contributed by atoms with E-state index in [2.05, 4.69) is 20.6 Å². The van der Waals surface area contributed by atoms with Crippen molar-refractivity contribution in [3.8, 4) is 11.3 Å². The zero-order valence-electron chi connectivity index (χ0n) is 13.3. The van der Waals surface area contributed by atoms with Gasteiger partial charge in [-0.05, 0) is 43.6 Å². The van der Waals surface area contributed by atoms with Crippen molar-refractivity contribution in [1.82, 2.24) is 15.3 Å². The molecular weight excluding hydrogens is 304 g/mol. The van der Waals surface area contributed by atoms with Crippen LogP contribution < -0.4 is 10.6 Å². The van der Waals surface area contributed by atoms with Gasteiger partial charge in [0, 0.05) is 17.7 Å². The Hall–Kier alpha value is -2.73. The number of carbonyl (C=O) groups is 1. The third kappa shape index (κ3) is 4.39. The molecule has 6 heteroatoms. The maximum Gasteiger partial charge on any atom is 0.328 e. The lowest BCUT2D eigenvalue weighted by molar-refractivity contribution is -0.131. The Bertz CT molecular complexity index is 739. The van der Waals surface area contributed by atoms with Gasteiger partial charge in [0.15, 0.2) is 0 Å². The number of hydrogen-bond acceptors (Lipinski definition) is 5. The average molecular weight is 324 g/mol. The van der Waals surface area contributed by atoms with Crippen LogP contribution >= 0.6 is 0 Å². The summed E-state index contributed by atoms with van der Waals surface area (Å²) >= 11 is 0. The van der Waals surface area contributed by atoms with Gasteiger partial charge < -0.3 is 15.7 Å². The highest BCUT2D eigenvalue weighted by molar-refractivity contribution is 5.85. The second kappa shape index (κ2) is 7.70. The lowest BCUT2D eigenvalue weighted by atomic mass is 10.1. The first-order chi connectivity index (χ1) is 11.7. The molecule has 1 aromatic heterocycles. The van der Waals surface area contributed by atoms with Crippen LogP contribution in [0.25, 0.3) is 17.3 Å². The van der Waals surface area contributed by atoms with E-state index in [0.29, 0.717) is 6.04 Å². The summed E-state index contributed by atoms with van der Waals surface area (Å²) in [6, 6.07) is 7.99. The van der Waals surface area contributed by atoms with E-state index < -0.39 is 5.97 Å². The van der Waals surface area contributed by atoms with E-state index in [9.17, 15) is 4.79 Å². The highest BCUT2D eigenvalue weighted by Crippen LogP contribution is 2.20. The first-order valence-corrected chi connectivity index (χ1v) is 8.01. The molecule has 1 aliphatic heterocycles. The number of hydrogen-bond donors (Lipinski definition) is 3. The third-order valence-corrected chi connectivity index (χ3v) is 3.93. The van der Waals surface area contributed by atoms with Crippen LogP contribution in [0.5, 0.6) is 0 Å². The molecule has 0 spiro atoms. The number of nitrogens with one attached hydrogen (secondary N) is 2. The van der Waals surface area contributed by atoms with Crippen molar-refractivity contribution >= 4 is 17.9 Å². The van der Waals surface area contributed by atoms with Gasteiger partial charge in [-0.3, -0.25) is 4.98 Å². The minimum atomic E-state index is -0.964. The Morgan fingerprint density at radius 2 is 2.12 bits per heavy atom. The summed E-state index contributed by atoms with van der Waals surface area (Å²) in [5.41, 5.74) is 2.48. The zero-order valence-corrected chi connectivity index (χ0v) is 13.3. The van der Waals surface area contributed by atoms with E-state index in [4.69, 9.17) is 5.11 Å². The van der Waals surface area contributed by atoms with E-state index in [1.54, 1.807) is 18.5 Å². The third-order valence-electron chi connectivity index (χ3n) is 3.93. The van der Waals surface area contributed by atoms with Gasteiger partial charge in [0.2, 0.25) is 0 Å². The van der Waals surface area contributed by atoms with Crippen molar-refractivity contribution in [2.24, 2.45) is 0 Å². The molecule has 3 rings (SSSR count). The molecule has 3 N–H and O–H groups in total. The zero-order chi connectivity index (χ0) is 16.8. The van der Waals surface area contributed by atoms with Crippen LogP contribution in [0.15, 0.2) is 42.7 Å². The van der Waals surface area contributed by atoms with Crippen molar-refractivity contribution in [2.45, 2.75) is 18.9 Å². The minimum absolute atomic E-state index is 0.417. The van der Waals surface area contributed by atoms with Crippen LogP contribution in [0, 0.1) is 0 Å². The fourth-order valence-corrected chi connectivity index (χ4v) is 2.72. The molecular formula is C18H20N4O2. The topological polar surface area (TPSA) is 87.1 Å². The van der Waals surface area contributed by atoms with Crippen LogP contribution in [0.4, 0.5) is 5.82 Å². The molecule has 124 valence electrons. The van der Waals surface area contributed by atoms with Gasteiger partial charge in [0.1, 0.15) is 5.82 Å². The maximum atomic E-state index is 10.6. The molecule has 1 aliphatic rings. The molecule has 0 atom stereocenters. The number of anilines is 1. The Balaban J connectivity index is 1.78. The molecule has 1 aromatic carbocycles. The summed E-state index contributed by atoms with van der Waals surface area (Å²) in [5.74, 6) is -0.195. The highest BCUT2D eigenvalue weighted by Gasteiger charge is 2.13. The Morgan fingerprint density at radius 1 is 1.29 bits per heavy atom. The highest BCUT2D eigenvalue weighted by atomic mass is 16.4. The van der Waals surface area contributed by atoms with Gasteiger partial charge in [0.25, 0.3) is 0 Å². The smallest absolute Gasteiger partial charge is 0.328 e. The molecule has 24 heavy (non-hydrogen) atoms. The van der Waals surface area contributed by atoms with Gasteiger partial charge >= 0.3 is 5.97 Å². The fraction of sp³-hybridized carbons (Fsp3) is 0.278. The molecule has 0 unspecified atom stereocenters. The van der Waals surface area contributed by atoms with Crippen molar-refractivity contribution in [3.05, 3.63) is 48.3 Å². The van der Waals surface area contributed by atoms with E-state index >= 15 is 0 Å². The van der Waals surface area contributed by atoms with E-state index in [-0.39, 0.29) is 0 Å². The molecule has 0 saturated carbocycles. The van der Waals surface area contributed by atoms with Crippen molar-refractivity contribution in [1.29, 1.82) is 0 Å². The predicted molar refractivity (Wildman–Crippen MR) is 93.7 cm³/mol. The Morgan fingerprint density at radius 3 is 2.92 bits per heavy atom. The van der Waals surface area contributed by atoms with Crippen molar-refractivity contribution in [3.63, 3.8) is 0 Å². The van der Waals surface area contributed by atoms with Crippen LogP contribution in [-0.4, -0.2) is 40.2 Å². The van der Waals surface area contributed by atoms with Crippen LogP contribution in [0.3, 0.4) is 0 Å². The van der Waals surface area contributed by atoms with Crippen molar-refractivity contribution in [2.75, 3.05) is 18.4 Å². The number of carboxylic acids is 1. The summed E-state index contributed by atoms with van der Waals surface area (Å²) in [7, 11) is 0. The summed E-state index contributed by atoms with van der Waals surface area (Å²) in [6.07, 6.45) is 8.28. The molecule has 0 aliphatic carbocycles. The number of nitrogens with zero attached hydrogens (tertiary/aromatic N) is 2. The number of piperidine rings is 1. The van der Waals surface area contributed by atoms with E-state index in [1.807, 2.05) is 24.3 Å². The summed E-state index contributed by atoms with van der Waals surface area (Å²) < 4.78 is 0. The second-order valence-corrected chi connectivity index (χ2v) is 5.76. The molecule has 6 nitrogen and oxygen atoms in total. The molecule has 0 amide bonds. The standard InChI is InChI=1S/C18H20N4O2/c23-18(24)5-4-13-2-1-3-14(10-13)16-11-20-12-17(22-16)21-15-6-8-19-9-7-15/h1-5,10-12,15,19H,6-9H2,(H,21,22)(H,23,24)/b5-4+. The number of carboxylic acid groups (broad SMARTS) is 1. The molecule has 1 fully saturated rings. The van der Waals surface area contributed by atoms with E-state index in [0.717, 1.165) is 54.6 Å². The van der Waals surface area contributed by atoms with Crippen LogP contribution in [-0.2, 0) is 4.79 Å². The van der Waals surface area contributed by atoms with Crippen LogP contribution in [0.2, 0.25) is 0 Å². The Kier molecular flexibility index (Phi) is 5.18. The molecule has 0 bridgehead atoms. The van der Waals surface area contributed by atoms with Gasteiger partial charge in [0.05, 0.1) is 18.1 Å². The normalized spacial score (nSPS) is 15.5. The maximum absolute atomic E-state index is 10.6. The molecule has 2 heterocycles. The first kappa shape index (κ1) is 16.1. The van der Waals surface area contributed by atoms with Gasteiger partial charge in [-0.25, -0.2) is 9.78 Å². The van der Waals surface area contributed by atoms with Gasteiger partial charge in [-0.1, -0.05) is 18.2 Å². The fourth-order valence-electron chi connectivity index (χ4n) is 2.72. The van der Waals surface area contributed by atoms with Gasteiger partial charge in [-0.15, -0.1) is 0 Å². The molecule has 0 radical (unpaired) electrons. The SMILES string of the molecule is O=C(O)/C=C/c1cccc(-c2cncc(NC3CCNCC3)n2)c1. The lowest BCUT2D eigenvalue weighted by Crippen LogP contribution is -2.35. The van der Waals surface area contributed by atoms with Gasteiger partial charge in [-0.2, -0.15) is 0 Å².